The lowest BCUT2D eigenvalue weighted by Gasteiger charge is -2.29. The third-order valence-electron chi connectivity index (χ3n) is 10.3. The molecule has 0 radical (unpaired) electrons. The lowest BCUT2D eigenvalue weighted by atomic mass is 9.89. The minimum absolute atomic E-state index is 1.11. The van der Waals surface area contributed by atoms with Crippen LogP contribution in [0.4, 0.5) is 17.1 Å². The van der Waals surface area contributed by atoms with E-state index in [0.29, 0.717) is 0 Å². The Kier molecular flexibility index (Phi) is 7.41. The van der Waals surface area contributed by atoms with Gasteiger partial charge in [-0.3, -0.25) is 0 Å². The molecule has 10 aromatic rings. The van der Waals surface area contributed by atoms with Gasteiger partial charge in [-0.05, 0) is 97.9 Å². The third-order valence-corrected chi connectivity index (χ3v) is 11.4. The number of thiophene rings is 1. The topological polar surface area (TPSA) is 3.24 Å². The summed E-state index contributed by atoms with van der Waals surface area (Å²) in [6.45, 7) is 0. The maximum Gasteiger partial charge on any atom is 0.0547 e. The van der Waals surface area contributed by atoms with Crippen molar-refractivity contribution in [2.24, 2.45) is 0 Å². The monoisotopic (exact) mass is 679 g/mol. The number of benzene rings is 9. The molecule has 0 atom stereocenters. The van der Waals surface area contributed by atoms with Crippen LogP contribution in [-0.4, -0.2) is 0 Å². The molecule has 0 aliphatic carbocycles. The van der Waals surface area contributed by atoms with Gasteiger partial charge in [-0.25, -0.2) is 0 Å². The van der Waals surface area contributed by atoms with E-state index in [1.807, 2.05) is 11.3 Å². The van der Waals surface area contributed by atoms with Crippen molar-refractivity contribution < 1.29 is 0 Å². The van der Waals surface area contributed by atoms with Crippen LogP contribution >= 0.6 is 11.3 Å². The maximum atomic E-state index is 2.45. The highest BCUT2D eigenvalue weighted by molar-refractivity contribution is 7.26. The van der Waals surface area contributed by atoms with Gasteiger partial charge in [-0.1, -0.05) is 152 Å². The molecule has 9 aromatic carbocycles. The highest BCUT2D eigenvalue weighted by atomic mass is 32.1. The van der Waals surface area contributed by atoms with Crippen LogP contribution in [0.5, 0.6) is 0 Å². The number of anilines is 3. The first-order chi connectivity index (χ1) is 25.8. The summed E-state index contributed by atoms with van der Waals surface area (Å²) in [4.78, 5) is 2.45. The van der Waals surface area contributed by atoms with E-state index in [4.69, 9.17) is 0 Å². The predicted molar refractivity (Wildman–Crippen MR) is 225 cm³/mol. The largest absolute Gasteiger partial charge is 0.310 e. The molecule has 1 nitrogen and oxygen atoms in total. The quantitative estimate of drug-likeness (QED) is 0.158. The van der Waals surface area contributed by atoms with Crippen LogP contribution < -0.4 is 4.90 Å². The summed E-state index contributed by atoms with van der Waals surface area (Å²) in [5, 5.41) is 7.62. The summed E-state index contributed by atoms with van der Waals surface area (Å²) in [6.07, 6.45) is 0. The molecular weight excluding hydrogens is 647 g/mol. The Morgan fingerprint density at radius 1 is 0.346 bits per heavy atom. The lowest BCUT2D eigenvalue weighted by Crippen LogP contribution is -2.11. The second-order valence-electron chi connectivity index (χ2n) is 13.3. The summed E-state index contributed by atoms with van der Waals surface area (Å²) in [7, 11) is 0. The van der Waals surface area contributed by atoms with E-state index < -0.39 is 0 Å². The fourth-order valence-electron chi connectivity index (χ4n) is 7.82. The maximum absolute atomic E-state index is 2.45. The second kappa shape index (κ2) is 12.7. The van der Waals surface area contributed by atoms with Gasteiger partial charge in [0.05, 0.1) is 5.69 Å². The van der Waals surface area contributed by atoms with Gasteiger partial charge < -0.3 is 4.90 Å². The van der Waals surface area contributed by atoms with Crippen LogP contribution in [0.15, 0.2) is 200 Å². The van der Waals surface area contributed by atoms with Gasteiger partial charge in [0.15, 0.2) is 0 Å². The standard InChI is InChI=1S/C50H33NS/c1-3-13-34(14-4-1)36-23-27-39(28-24-36)51(40-29-25-37(26-30-40)35-15-5-2-6-16-35)46-31-32-48-50(44-21-11-12-22-47(44)52-48)49(46)45-33-38-17-7-8-18-41(38)42-19-9-10-20-43(42)45/h1-33H. The normalized spacial score (nSPS) is 11.5. The number of hydrogen-bond donors (Lipinski definition) is 0. The molecule has 52 heavy (non-hydrogen) atoms. The lowest BCUT2D eigenvalue weighted by molar-refractivity contribution is 1.29. The highest BCUT2D eigenvalue weighted by Gasteiger charge is 2.24. The molecule has 0 N–H and O–H groups in total. The van der Waals surface area contributed by atoms with Crippen molar-refractivity contribution in [1.29, 1.82) is 0 Å². The molecule has 0 amide bonds. The van der Waals surface area contributed by atoms with Gasteiger partial charge in [-0.15, -0.1) is 11.3 Å². The smallest absolute Gasteiger partial charge is 0.0547 e. The van der Waals surface area contributed by atoms with E-state index in [0.717, 1.165) is 17.1 Å². The first-order valence-electron chi connectivity index (χ1n) is 17.8. The Morgan fingerprint density at radius 3 is 1.48 bits per heavy atom. The Morgan fingerprint density at radius 2 is 0.846 bits per heavy atom. The van der Waals surface area contributed by atoms with E-state index in [2.05, 4.69) is 205 Å². The fraction of sp³-hybridized carbons (Fsp3) is 0. The fourth-order valence-corrected chi connectivity index (χ4v) is 8.93. The molecule has 0 fully saturated rings. The van der Waals surface area contributed by atoms with Gasteiger partial charge >= 0.3 is 0 Å². The first kappa shape index (κ1) is 30.4. The minimum atomic E-state index is 1.11. The van der Waals surface area contributed by atoms with Crippen molar-refractivity contribution in [3.8, 4) is 33.4 Å². The van der Waals surface area contributed by atoms with Gasteiger partial charge in [0.25, 0.3) is 0 Å². The molecule has 1 aromatic heterocycles. The molecule has 0 unspecified atom stereocenters. The molecule has 0 aliphatic heterocycles. The van der Waals surface area contributed by atoms with Crippen molar-refractivity contribution in [2.45, 2.75) is 0 Å². The van der Waals surface area contributed by atoms with E-state index in [1.165, 1.54) is 75.1 Å². The zero-order valence-corrected chi connectivity index (χ0v) is 29.2. The van der Waals surface area contributed by atoms with Crippen molar-refractivity contribution in [3.05, 3.63) is 200 Å². The predicted octanol–water partition coefficient (Wildman–Crippen LogP) is 14.8. The van der Waals surface area contributed by atoms with E-state index in [-0.39, 0.29) is 0 Å². The zero-order chi connectivity index (χ0) is 34.4. The van der Waals surface area contributed by atoms with Crippen LogP contribution in [-0.2, 0) is 0 Å². The zero-order valence-electron chi connectivity index (χ0n) is 28.4. The van der Waals surface area contributed by atoms with E-state index >= 15 is 0 Å². The van der Waals surface area contributed by atoms with Crippen molar-refractivity contribution in [1.82, 2.24) is 0 Å². The van der Waals surface area contributed by atoms with Gasteiger partial charge in [-0.2, -0.15) is 0 Å². The van der Waals surface area contributed by atoms with Crippen LogP contribution in [0.3, 0.4) is 0 Å². The molecule has 0 bridgehead atoms. The van der Waals surface area contributed by atoms with Gasteiger partial charge in [0.1, 0.15) is 0 Å². The van der Waals surface area contributed by atoms with Gasteiger partial charge in [0, 0.05) is 37.1 Å². The van der Waals surface area contributed by atoms with Gasteiger partial charge in [0.2, 0.25) is 0 Å². The molecule has 1 heterocycles. The minimum Gasteiger partial charge on any atom is -0.310 e. The summed E-state index contributed by atoms with van der Waals surface area (Å²) >= 11 is 1.87. The average Bonchev–Trinajstić information content (AvgIpc) is 3.61. The van der Waals surface area contributed by atoms with E-state index in [1.54, 1.807) is 0 Å². The summed E-state index contributed by atoms with van der Waals surface area (Å²) < 4.78 is 2.59. The third kappa shape index (κ3) is 5.16. The summed E-state index contributed by atoms with van der Waals surface area (Å²) in [5.41, 5.74) is 10.7. The first-order valence-corrected chi connectivity index (χ1v) is 18.6. The molecule has 0 spiro atoms. The molecule has 0 saturated heterocycles. The summed E-state index contributed by atoms with van der Waals surface area (Å²) in [5.74, 6) is 0. The molecule has 0 saturated carbocycles. The van der Waals surface area contributed by atoms with Crippen molar-refractivity contribution in [2.75, 3.05) is 4.90 Å². The van der Waals surface area contributed by atoms with E-state index in [9.17, 15) is 0 Å². The molecular formula is C50H33NS. The van der Waals surface area contributed by atoms with Crippen molar-refractivity contribution in [3.63, 3.8) is 0 Å². The number of fused-ring (bicyclic) bond motifs is 6. The Bertz CT molecular complexity index is 2790. The van der Waals surface area contributed by atoms with Crippen LogP contribution in [0.1, 0.15) is 0 Å². The summed E-state index contributed by atoms with van der Waals surface area (Å²) in [6, 6.07) is 73.0. The molecule has 0 aliphatic rings. The van der Waals surface area contributed by atoms with Crippen LogP contribution in [0.2, 0.25) is 0 Å². The van der Waals surface area contributed by atoms with Crippen LogP contribution in [0, 0.1) is 0 Å². The Balaban J connectivity index is 1.28. The van der Waals surface area contributed by atoms with Crippen molar-refractivity contribution >= 4 is 70.1 Å². The molecule has 10 rings (SSSR count). The second-order valence-corrected chi connectivity index (χ2v) is 14.4. The number of hydrogen-bond acceptors (Lipinski definition) is 2. The molecule has 2 heteroatoms. The van der Waals surface area contributed by atoms with Crippen LogP contribution in [0.25, 0.3) is 75.1 Å². The Hall–Kier alpha value is -6.48. The SMILES string of the molecule is c1ccc(-c2ccc(N(c3ccc(-c4ccccc4)cc3)c3ccc4sc5ccccc5c4c3-c3cc4ccccc4c4ccccc34)cc2)cc1. The molecule has 244 valence electrons. The average molecular weight is 680 g/mol. The number of nitrogens with zero attached hydrogens (tertiary/aromatic N) is 1. The Labute approximate surface area is 307 Å². The number of rotatable bonds is 6. The highest BCUT2D eigenvalue weighted by Crippen LogP contribution is 2.51.